The highest BCUT2D eigenvalue weighted by molar-refractivity contribution is 8.03. The molecule has 1 aliphatic heterocycles. The molecule has 1 aromatic carbocycles. The van der Waals surface area contributed by atoms with Crippen molar-refractivity contribution in [3.63, 3.8) is 0 Å². The molecule has 0 radical (unpaired) electrons. The Morgan fingerprint density at radius 3 is 2.74 bits per heavy atom. The quantitative estimate of drug-likeness (QED) is 0.476. The fourth-order valence-corrected chi connectivity index (χ4v) is 5.13. The fraction of sp³-hybridized carbons (Fsp3) is 0.300. The van der Waals surface area contributed by atoms with Crippen LogP contribution in [0.15, 0.2) is 41.4 Å². The molecule has 0 fully saturated rings. The molecule has 0 spiro atoms. The van der Waals surface area contributed by atoms with Crippen LogP contribution in [0.5, 0.6) is 0 Å². The number of amides is 1. The second-order valence-corrected chi connectivity index (χ2v) is 10.2. The molecule has 11 heteroatoms. The molecule has 3 rings (SSSR count). The Morgan fingerprint density at radius 1 is 1.29 bits per heavy atom. The number of hydrogen-bond donors (Lipinski definition) is 3. The lowest BCUT2D eigenvalue weighted by Crippen LogP contribution is -2.20. The second kappa shape index (κ2) is 10.3. The normalized spacial score (nSPS) is 13.6. The molecule has 1 aliphatic rings. The molecule has 2 heterocycles. The predicted octanol–water partition coefficient (Wildman–Crippen LogP) is 4.71. The van der Waals surface area contributed by atoms with Crippen molar-refractivity contribution in [2.75, 3.05) is 33.4 Å². The van der Waals surface area contributed by atoms with Gasteiger partial charge in [-0.2, -0.15) is 0 Å². The molecule has 1 amide bonds. The Balaban J connectivity index is 1.70. The summed E-state index contributed by atoms with van der Waals surface area (Å²) in [5.74, 6) is -0.288. The molecule has 1 aromatic heterocycles. The highest BCUT2D eigenvalue weighted by Gasteiger charge is 2.22. The number of carbonyl (C=O) groups is 1. The van der Waals surface area contributed by atoms with Crippen molar-refractivity contribution < 1.29 is 17.6 Å². The highest BCUT2D eigenvalue weighted by Crippen LogP contribution is 2.28. The smallest absolute Gasteiger partial charge is 0.260 e. The van der Waals surface area contributed by atoms with Crippen LogP contribution in [-0.4, -0.2) is 37.4 Å². The summed E-state index contributed by atoms with van der Waals surface area (Å²) in [6.07, 6.45) is 5.06. The van der Waals surface area contributed by atoms with Crippen LogP contribution in [0.25, 0.3) is 0 Å². The van der Waals surface area contributed by atoms with E-state index >= 15 is 0 Å². The van der Waals surface area contributed by atoms with Crippen LogP contribution in [0, 0.1) is 5.82 Å². The molecule has 2 aromatic rings. The Labute approximate surface area is 189 Å². The number of nitrogens with zero attached hydrogens (tertiary/aromatic N) is 1. The van der Waals surface area contributed by atoms with E-state index in [9.17, 15) is 17.6 Å². The van der Waals surface area contributed by atoms with Crippen molar-refractivity contribution >= 4 is 56.5 Å². The molecule has 0 saturated carbocycles. The van der Waals surface area contributed by atoms with Gasteiger partial charge in [-0.3, -0.25) is 9.52 Å². The zero-order valence-electron chi connectivity index (χ0n) is 16.7. The minimum atomic E-state index is -3.73. The third-order valence-corrected chi connectivity index (χ3v) is 7.21. The van der Waals surface area contributed by atoms with Gasteiger partial charge in [0.1, 0.15) is 5.82 Å². The van der Waals surface area contributed by atoms with Gasteiger partial charge in [0, 0.05) is 17.2 Å². The van der Waals surface area contributed by atoms with Gasteiger partial charge in [0.05, 0.1) is 33.9 Å². The molecule has 0 atom stereocenters. The summed E-state index contributed by atoms with van der Waals surface area (Å²) in [6, 6.07) is 5.78. The van der Waals surface area contributed by atoms with E-state index in [1.807, 2.05) is 0 Å². The number of hydrogen-bond acceptors (Lipinski definition) is 6. The number of pyridine rings is 1. The van der Waals surface area contributed by atoms with E-state index in [1.54, 1.807) is 30.8 Å². The minimum absolute atomic E-state index is 0.137. The Hall–Kier alpha value is -2.30. The van der Waals surface area contributed by atoms with Crippen LogP contribution in [0.3, 0.4) is 0 Å². The molecule has 166 valence electrons. The molecular weight excluding hydrogens is 463 g/mol. The summed E-state index contributed by atoms with van der Waals surface area (Å²) in [6.45, 7) is 2.38. The number of allylic oxidation sites excluding steroid dienone is 1. The average molecular weight is 485 g/mol. The van der Waals surface area contributed by atoms with Crippen molar-refractivity contribution in [2.24, 2.45) is 0 Å². The summed E-state index contributed by atoms with van der Waals surface area (Å²) >= 11 is 7.82. The molecule has 0 saturated heterocycles. The number of benzene rings is 1. The summed E-state index contributed by atoms with van der Waals surface area (Å²) in [5.41, 5.74) is -0.442. The van der Waals surface area contributed by atoms with Crippen molar-refractivity contribution in [3.8, 4) is 0 Å². The fourth-order valence-electron chi connectivity index (χ4n) is 2.86. The molecular formula is C20H22ClFN4O3S2. The van der Waals surface area contributed by atoms with E-state index in [4.69, 9.17) is 11.6 Å². The van der Waals surface area contributed by atoms with Crippen molar-refractivity contribution in [3.05, 3.63) is 57.8 Å². The molecule has 0 aliphatic carbocycles. The van der Waals surface area contributed by atoms with Crippen LogP contribution in [0.4, 0.5) is 21.6 Å². The highest BCUT2D eigenvalue weighted by atomic mass is 35.5. The van der Waals surface area contributed by atoms with Gasteiger partial charge in [-0.15, -0.1) is 11.8 Å². The first kappa shape index (κ1) is 23.4. The summed E-state index contributed by atoms with van der Waals surface area (Å²) in [4.78, 5) is 18.1. The van der Waals surface area contributed by atoms with Crippen LogP contribution in [-0.2, 0) is 10.0 Å². The van der Waals surface area contributed by atoms with E-state index in [2.05, 4.69) is 26.4 Å². The first-order valence-electron chi connectivity index (χ1n) is 9.60. The minimum Gasteiger partial charge on any atom is -0.365 e. The SMILES string of the molecule is CCCS(=O)(=O)Nc1ccc(Cl)c(C(=O)Nc2ccc(NCC3=CCCS3)nc2)c1F. The molecule has 31 heavy (non-hydrogen) atoms. The molecule has 7 nitrogen and oxygen atoms in total. The van der Waals surface area contributed by atoms with Gasteiger partial charge in [0.25, 0.3) is 5.91 Å². The van der Waals surface area contributed by atoms with Crippen molar-refractivity contribution in [1.82, 2.24) is 4.98 Å². The Bertz CT molecular complexity index is 1090. The topological polar surface area (TPSA) is 100 Å². The maximum Gasteiger partial charge on any atom is 0.260 e. The third kappa shape index (κ3) is 6.34. The predicted molar refractivity (Wildman–Crippen MR) is 125 cm³/mol. The van der Waals surface area contributed by atoms with E-state index in [0.29, 0.717) is 24.5 Å². The van der Waals surface area contributed by atoms with Gasteiger partial charge < -0.3 is 10.6 Å². The summed E-state index contributed by atoms with van der Waals surface area (Å²) in [7, 11) is -3.73. The summed E-state index contributed by atoms with van der Waals surface area (Å²) < 4.78 is 40.9. The van der Waals surface area contributed by atoms with Crippen molar-refractivity contribution in [1.29, 1.82) is 0 Å². The summed E-state index contributed by atoms with van der Waals surface area (Å²) in [5, 5.41) is 5.59. The van der Waals surface area contributed by atoms with Gasteiger partial charge in [0.15, 0.2) is 5.82 Å². The lowest BCUT2D eigenvalue weighted by molar-refractivity contribution is 0.102. The number of anilines is 3. The standard InChI is InChI=1S/C20H22ClFN4O3S2/c1-2-10-31(28,29)26-16-7-6-15(21)18(19(16)22)20(27)25-13-5-8-17(23-11-13)24-12-14-4-3-9-30-14/h4-8,11,26H,2-3,9-10,12H2,1H3,(H,23,24)(H,25,27). The first-order valence-corrected chi connectivity index (χ1v) is 12.6. The molecule has 3 N–H and O–H groups in total. The maximum absolute atomic E-state index is 14.9. The van der Waals surface area contributed by atoms with Crippen LogP contribution in [0.2, 0.25) is 5.02 Å². The van der Waals surface area contributed by atoms with E-state index in [0.717, 1.165) is 12.2 Å². The first-order chi connectivity index (χ1) is 14.8. The third-order valence-electron chi connectivity index (χ3n) is 4.30. The van der Waals surface area contributed by atoms with E-state index < -0.39 is 27.3 Å². The van der Waals surface area contributed by atoms with Crippen molar-refractivity contribution in [2.45, 2.75) is 19.8 Å². The zero-order valence-corrected chi connectivity index (χ0v) is 19.1. The number of carbonyl (C=O) groups excluding carboxylic acids is 1. The number of sulfonamides is 1. The Morgan fingerprint density at radius 2 is 2.10 bits per heavy atom. The Kier molecular flexibility index (Phi) is 7.79. The lowest BCUT2D eigenvalue weighted by atomic mass is 10.1. The molecule has 0 unspecified atom stereocenters. The van der Waals surface area contributed by atoms with Gasteiger partial charge >= 0.3 is 0 Å². The van der Waals surface area contributed by atoms with Crippen LogP contribution >= 0.6 is 23.4 Å². The van der Waals surface area contributed by atoms with Crippen LogP contribution in [0.1, 0.15) is 30.1 Å². The number of nitrogens with one attached hydrogen (secondary N) is 3. The lowest BCUT2D eigenvalue weighted by Gasteiger charge is -2.13. The zero-order chi connectivity index (χ0) is 22.4. The average Bonchev–Trinajstić information content (AvgIpc) is 3.23. The van der Waals surface area contributed by atoms with E-state index in [-0.39, 0.29) is 16.5 Å². The number of thioether (sulfide) groups is 1. The molecule has 0 bridgehead atoms. The van der Waals surface area contributed by atoms with Gasteiger partial charge in [0.2, 0.25) is 10.0 Å². The monoisotopic (exact) mass is 484 g/mol. The largest absolute Gasteiger partial charge is 0.365 e. The van der Waals surface area contributed by atoms with Crippen LogP contribution < -0.4 is 15.4 Å². The van der Waals surface area contributed by atoms with Gasteiger partial charge in [-0.1, -0.05) is 24.6 Å². The van der Waals surface area contributed by atoms with Gasteiger partial charge in [-0.05, 0) is 37.1 Å². The van der Waals surface area contributed by atoms with Gasteiger partial charge in [-0.25, -0.2) is 17.8 Å². The van der Waals surface area contributed by atoms with E-state index in [1.165, 1.54) is 23.2 Å². The number of aromatic nitrogens is 1. The number of halogens is 2. The second-order valence-electron chi connectivity index (χ2n) is 6.75. The number of rotatable bonds is 9. The maximum atomic E-state index is 14.9.